The normalized spacial score (nSPS) is 16.0. The smallest absolute Gasteiger partial charge is 0.293 e. The standard InChI is InChI=1S/C22H19N3O5/c1-30-16-9-10-20(25(28)29)18(12-16)23-22(27)15-11-21(26)24(13-15)19-8-4-6-14-5-2-3-7-17(14)19/h2-10,12,15H,11,13H2,1H3,(H,23,27)/t15-/m0/s1. The number of carbonyl (C=O) groups is 2. The van der Waals surface area contributed by atoms with Crippen molar-refractivity contribution in [2.45, 2.75) is 6.42 Å². The summed E-state index contributed by atoms with van der Waals surface area (Å²) in [5, 5.41) is 15.8. The van der Waals surface area contributed by atoms with E-state index in [-0.39, 0.29) is 30.2 Å². The Morgan fingerprint density at radius 1 is 1.17 bits per heavy atom. The predicted molar refractivity (Wildman–Crippen MR) is 113 cm³/mol. The van der Waals surface area contributed by atoms with Crippen LogP contribution in [0.2, 0.25) is 0 Å². The average Bonchev–Trinajstić information content (AvgIpc) is 3.14. The number of methoxy groups -OCH3 is 1. The molecule has 1 aliphatic rings. The Bertz CT molecular complexity index is 1160. The van der Waals surface area contributed by atoms with Crippen LogP contribution in [0.25, 0.3) is 10.8 Å². The van der Waals surface area contributed by atoms with E-state index in [4.69, 9.17) is 4.74 Å². The highest BCUT2D eigenvalue weighted by Gasteiger charge is 2.36. The number of nitro benzene ring substituents is 1. The Hall–Kier alpha value is -3.94. The molecule has 8 heteroatoms. The van der Waals surface area contributed by atoms with Crippen LogP contribution in [0, 0.1) is 16.0 Å². The Labute approximate surface area is 172 Å². The number of nitrogens with one attached hydrogen (secondary N) is 1. The second-order valence-corrected chi connectivity index (χ2v) is 7.03. The molecule has 1 aliphatic heterocycles. The van der Waals surface area contributed by atoms with E-state index in [2.05, 4.69) is 5.32 Å². The number of nitro groups is 1. The highest BCUT2D eigenvalue weighted by Crippen LogP contribution is 2.33. The molecule has 0 unspecified atom stereocenters. The Balaban J connectivity index is 1.58. The van der Waals surface area contributed by atoms with Gasteiger partial charge in [-0.2, -0.15) is 0 Å². The summed E-state index contributed by atoms with van der Waals surface area (Å²) in [6, 6.07) is 17.5. The molecular formula is C22H19N3O5. The first-order chi connectivity index (χ1) is 14.5. The van der Waals surface area contributed by atoms with Gasteiger partial charge in [0.2, 0.25) is 11.8 Å². The largest absolute Gasteiger partial charge is 0.497 e. The first-order valence-corrected chi connectivity index (χ1v) is 9.39. The summed E-state index contributed by atoms with van der Waals surface area (Å²) in [4.78, 5) is 37.8. The van der Waals surface area contributed by atoms with Crippen LogP contribution in [0.1, 0.15) is 6.42 Å². The molecule has 0 bridgehead atoms. The van der Waals surface area contributed by atoms with E-state index >= 15 is 0 Å². The van der Waals surface area contributed by atoms with Crippen molar-refractivity contribution in [1.82, 2.24) is 0 Å². The highest BCUT2D eigenvalue weighted by atomic mass is 16.6. The van der Waals surface area contributed by atoms with Gasteiger partial charge in [-0.15, -0.1) is 0 Å². The van der Waals surface area contributed by atoms with Gasteiger partial charge in [0.15, 0.2) is 0 Å². The number of carbonyl (C=O) groups excluding carboxylic acids is 2. The highest BCUT2D eigenvalue weighted by molar-refractivity contribution is 6.08. The molecule has 0 aromatic heterocycles. The molecule has 1 atom stereocenters. The predicted octanol–water partition coefficient (Wildman–Crippen LogP) is 3.75. The molecule has 0 spiro atoms. The third kappa shape index (κ3) is 3.55. The number of hydrogen-bond donors (Lipinski definition) is 1. The second-order valence-electron chi connectivity index (χ2n) is 7.03. The van der Waals surface area contributed by atoms with Crippen LogP contribution < -0.4 is 15.0 Å². The molecule has 8 nitrogen and oxygen atoms in total. The third-order valence-corrected chi connectivity index (χ3v) is 5.21. The SMILES string of the molecule is COc1ccc([N+](=O)[O-])c(NC(=O)[C@H]2CC(=O)N(c3cccc4ccccc34)C2)c1. The maximum Gasteiger partial charge on any atom is 0.293 e. The van der Waals surface area contributed by atoms with Crippen LogP contribution >= 0.6 is 0 Å². The van der Waals surface area contributed by atoms with E-state index in [9.17, 15) is 19.7 Å². The lowest BCUT2D eigenvalue weighted by Crippen LogP contribution is -2.28. The van der Waals surface area contributed by atoms with E-state index < -0.39 is 16.7 Å². The summed E-state index contributed by atoms with van der Waals surface area (Å²) >= 11 is 0. The minimum absolute atomic E-state index is 0.0345. The fourth-order valence-electron chi connectivity index (χ4n) is 3.70. The van der Waals surface area contributed by atoms with Gasteiger partial charge in [0.25, 0.3) is 5.69 Å². The van der Waals surface area contributed by atoms with E-state index in [0.717, 1.165) is 16.5 Å². The number of fused-ring (bicyclic) bond motifs is 1. The molecule has 0 radical (unpaired) electrons. The van der Waals surface area contributed by atoms with Crippen molar-refractivity contribution in [2.75, 3.05) is 23.9 Å². The summed E-state index contributed by atoms with van der Waals surface area (Å²) in [5.41, 5.74) is 0.556. The fraction of sp³-hybridized carbons (Fsp3) is 0.182. The van der Waals surface area contributed by atoms with E-state index in [1.165, 1.54) is 25.3 Å². The van der Waals surface area contributed by atoms with Gasteiger partial charge in [-0.3, -0.25) is 19.7 Å². The van der Waals surface area contributed by atoms with Crippen molar-refractivity contribution in [3.05, 3.63) is 70.8 Å². The van der Waals surface area contributed by atoms with Crippen molar-refractivity contribution < 1.29 is 19.2 Å². The van der Waals surface area contributed by atoms with Crippen molar-refractivity contribution >= 4 is 39.6 Å². The van der Waals surface area contributed by atoms with Crippen LogP contribution in [-0.4, -0.2) is 30.4 Å². The number of hydrogen-bond acceptors (Lipinski definition) is 5. The van der Waals surface area contributed by atoms with Crippen LogP contribution in [0.15, 0.2) is 60.7 Å². The molecule has 1 heterocycles. The molecule has 1 saturated heterocycles. The zero-order valence-corrected chi connectivity index (χ0v) is 16.2. The molecule has 1 fully saturated rings. The van der Waals surface area contributed by atoms with Gasteiger partial charge in [-0.1, -0.05) is 36.4 Å². The van der Waals surface area contributed by atoms with Gasteiger partial charge in [0, 0.05) is 30.5 Å². The number of nitrogens with zero attached hydrogens (tertiary/aromatic N) is 2. The minimum Gasteiger partial charge on any atom is -0.497 e. The molecule has 0 aliphatic carbocycles. The molecule has 3 aromatic carbocycles. The fourth-order valence-corrected chi connectivity index (χ4v) is 3.70. The molecule has 30 heavy (non-hydrogen) atoms. The summed E-state index contributed by atoms with van der Waals surface area (Å²) in [7, 11) is 1.43. The maximum atomic E-state index is 12.8. The molecule has 1 N–H and O–H groups in total. The summed E-state index contributed by atoms with van der Waals surface area (Å²) in [6.07, 6.45) is 0.0345. The van der Waals surface area contributed by atoms with Gasteiger partial charge < -0.3 is 15.0 Å². The van der Waals surface area contributed by atoms with Crippen molar-refractivity contribution in [3.63, 3.8) is 0 Å². The van der Waals surface area contributed by atoms with Gasteiger partial charge >= 0.3 is 0 Å². The van der Waals surface area contributed by atoms with Gasteiger partial charge in [-0.25, -0.2) is 0 Å². The molecule has 4 rings (SSSR count). The van der Waals surface area contributed by atoms with Gasteiger partial charge in [0.1, 0.15) is 11.4 Å². The number of rotatable bonds is 5. The lowest BCUT2D eigenvalue weighted by atomic mass is 10.1. The average molecular weight is 405 g/mol. The van der Waals surface area contributed by atoms with Crippen LogP contribution in [-0.2, 0) is 9.59 Å². The Morgan fingerprint density at radius 3 is 2.70 bits per heavy atom. The lowest BCUT2D eigenvalue weighted by Gasteiger charge is -2.19. The lowest BCUT2D eigenvalue weighted by molar-refractivity contribution is -0.383. The second kappa shape index (κ2) is 7.82. The topological polar surface area (TPSA) is 102 Å². The summed E-state index contributed by atoms with van der Waals surface area (Å²) in [5.74, 6) is -0.841. The van der Waals surface area contributed by atoms with Crippen LogP contribution in [0.3, 0.4) is 0 Å². The van der Waals surface area contributed by atoms with Gasteiger partial charge in [-0.05, 0) is 17.5 Å². The quantitative estimate of drug-likeness (QED) is 0.515. The zero-order valence-electron chi connectivity index (χ0n) is 16.2. The summed E-state index contributed by atoms with van der Waals surface area (Å²) < 4.78 is 5.09. The number of ether oxygens (including phenoxy) is 1. The van der Waals surface area contributed by atoms with Crippen LogP contribution in [0.4, 0.5) is 17.1 Å². The first kappa shape index (κ1) is 19.4. The molecular weight excluding hydrogens is 386 g/mol. The minimum atomic E-state index is -0.623. The van der Waals surface area contributed by atoms with Crippen molar-refractivity contribution in [1.29, 1.82) is 0 Å². The Kier molecular flexibility index (Phi) is 5.05. The zero-order chi connectivity index (χ0) is 21.3. The number of anilines is 2. The summed E-state index contributed by atoms with van der Waals surface area (Å²) in [6.45, 7) is 0.205. The molecule has 2 amide bonds. The maximum absolute atomic E-state index is 12.8. The third-order valence-electron chi connectivity index (χ3n) is 5.21. The molecule has 3 aromatic rings. The number of amides is 2. The van der Waals surface area contributed by atoms with Crippen molar-refractivity contribution in [3.8, 4) is 5.75 Å². The number of benzene rings is 3. The Morgan fingerprint density at radius 2 is 1.93 bits per heavy atom. The van der Waals surface area contributed by atoms with E-state index in [1.807, 2.05) is 42.5 Å². The monoisotopic (exact) mass is 405 g/mol. The molecule has 0 saturated carbocycles. The van der Waals surface area contributed by atoms with E-state index in [1.54, 1.807) is 4.90 Å². The first-order valence-electron chi connectivity index (χ1n) is 9.39. The van der Waals surface area contributed by atoms with Crippen molar-refractivity contribution in [2.24, 2.45) is 5.92 Å². The van der Waals surface area contributed by atoms with E-state index in [0.29, 0.717) is 5.75 Å². The van der Waals surface area contributed by atoms with Gasteiger partial charge in [0.05, 0.1) is 23.6 Å². The molecule has 152 valence electrons. The van der Waals surface area contributed by atoms with Crippen LogP contribution in [0.5, 0.6) is 5.75 Å².